The second-order valence-corrected chi connectivity index (χ2v) is 5.57. The van der Waals surface area contributed by atoms with Crippen LogP contribution in [0.15, 0.2) is 24.4 Å². The number of rotatable bonds is 11. The van der Waals surface area contributed by atoms with Crippen LogP contribution in [-0.2, 0) is 13.0 Å². The highest BCUT2D eigenvalue weighted by atomic mass is 19.0. The van der Waals surface area contributed by atoms with E-state index < -0.39 is 0 Å². The molecule has 0 aromatic carbocycles. The Bertz CT molecular complexity index is 325. The van der Waals surface area contributed by atoms with E-state index in [0.29, 0.717) is 0 Å². The van der Waals surface area contributed by atoms with Gasteiger partial charge in [0, 0.05) is 25.0 Å². The molecule has 116 valence electrons. The molecule has 1 nitrogen and oxygen atoms in total. The summed E-state index contributed by atoms with van der Waals surface area (Å²) in [7, 11) is 0. The molecule has 1 aromatic rings. The van der Waals surface area contributed by atoms with Gasteiger partial charge >= 0.3 is 0 Å². The lowest BCUT2D eigenvalue weighted by molar-refractivity contribution is -0.704. The van der Waals surface area contributed by atoms with E-state index in [1.54, 1.807) is 0 Å². The van der Waals surface area contributed by atoms with Gasteiger partial charge in [0.15, 0.2) is 11.9 Å². The first-order chi connectivity index (χ1) is 9.38. The summed E-state index contributed by atoms with van der Waals surface area (Å²) in [5.74, 6) is 0. The van der Waals surface area contributed by atoms with Crippen LogP contribution in [-0.4, -0.2) is 0 Å². The number of hydrogen-bond acceptors (Lipinski definition) is 0. The van der Waals surface area contributed by atoms with Gasteiger partial charge in [-0.3, -0.25) is 0 Å². The first kappa shape index (κ1) is 19.1. The Labute approximate surface area is 124 Å². The molecule has 0 saturated carbocycles. The molecule has 1 aromatic heterocycles. The fourth-order valence-electron chi connectivity index (χ4n) is 2.64. The van der Waals surface area contributed by atoms with E-state index >= 15 is 0 Å². The number of nitrogens with zero attached hydrogens (tertiary/aromatic N) is 1. The molecule has 0 amide bonds. The third kappa shape index (κ3) is 8.29. The van der Waals surface area contributed by atoms with Crippen LogP contribution in [0, 0.1) is 0 Å². The van der Waals surface area contributed by atoms with Crippen LogP contribution in [0.3, 0.4) is 0 Å². The molecule has 0 unspecified atom stereocenters. The van der Waals surface area contributed by atoms with Gasteiger partial charge in [0.05, 0.1) is 0 Å². The van der Waals surface area contributed by atoms with E-state index in [0.717, 1.165) is 6.42 Å². The van der Waals surface area contributed by atoms with Crippen LogP contribution in [0.5, 0.6) is 0 Å². The van der Waals surface area contributed by atoms with Gasteiger partial charge in [-0.2, -0.15) is 0 Å². The Morgan fingerprint density at radius 3 is 2.00 bits per heavy atom. The lowest BCUT2D eigenvalue weighted by atomic mass is 10.1. The Hall–Kier alpha value is -0.920. The average molecular weight is 281 g/mol. The maximum Gasteiger partial charge on any atom is 0.181 e. The third-order valence-electron chi connectivity index (χ3n) is 3.90. The Balaban J connectivity index is 0.00000361. The maximum absolute atomic E-state index is 2.42. The van der Waals surface area contributed by atoms with Crippen molar-refractivity contribution in [3.8, 4) is 0 Å². The summed E-state index contributed by atoms with van der Waals surface area (Å²) < 4.78 is 2.42. The number of unbranched alkanes of at least 4 members (excludes halogenated alkanes) is 8. The summed E-state index contributed by atoms with van der Waals surface area (Å²) in [6, 6.07) is 6.53. The van der Waals surface area contributed by atoms with Crippen molar-refractivity contribution in [1.29, 1.82) is 0 Å². The van der Waals surface area contributed by atoms with Gasteiger partial charge in [-0.15, -0.1) is 0 Å². The van der Waals surface area contributed by atoms with E-state index in [1.807, 2.05) is 0 Å². The minimum atomic E-state index is 0. The molecule has 0 spiro atoms. The molecule has 0 radical (unpaired) electrons. The second-order valence-electron chi connectivity index (χ2n) is 5.57. The molecule has 0 saturated heterocycles. The molecule has 1 heterocycles. The van der Waals surface area contributed by atoms with Gasteiger partial charge in [-0.25, -0.2) is 4.57 Å². The average Bonchev–Trinajstić information content (AvgIpc) is 2.46. The zero-order valence-corrected chi connectivity index (χ0v) is 13.4. The predicted octanol–water partition coefficient (Wildman–Crippen LogP) is 2.07. The molecule has 1 rings (SSSR count). The van der Waals surface area contributed by atoms with Crippen LogP contribution in [0.1, 0.15) is 77.3 Å². The van der Waals surface area contributed by atoms with Crippen LogP contribution in [0.25, 0.3) is 0 Å². The molecule has 0 aliphatic rings. The van der Waals surface area contributed by atoms with Crippen molar-refractivity contribution in [3.63, 3.8) is 0 Å². The number of aryl methyl sites for hydroxylation is 2. The highest BCUT2D eigenvalue weighted by Gasteiger charge is 2.05. The second kappa shape index (κ2) is 13.1. The van der Waals surface area contributed by atoms with Crippen molar-refractivity contribution in [2.24, 2.45) is 0 Å². The maximum atomic E-state index is 2.42. The number of hydrogen-bond donors (Lipinski definition) is 0. The molecule has 0 fully saturated rings. The van der Waals surface area contributed by atoms with E-state index in [9.17, 15) is 0 Å². The molecule has 0 atom stereocenters. The summed E-state index contributed by atoms with van der Waals surface area (Å²) in [5.41, 5.74) is 1.46. The SMILES string of the molecule is CCCCCCCCCCC[n+]1ccccc1CC.[F-]. The summed E-state index contributed by atoms with van der Waals surface area (Å²) in [6.07, 6.45) is 16.0. The fraction of sp³-hybridized carbons (Fsp3) is 0.722. The molecule has 0 aliphatic heterocycles. The first-order valence-corrected chi connectivity index (χ1v) is 8.35. The zero-order valence-electron chi connectivity index (χ0n) is 13.4. The number of halogens is 1. The Morgan fingerprint density at radius 1 is 0.800 bits per heavy atom. The zero-order chi connectivity index (χ0) is 13.8. The molecule has 0 N–H and O–H groups in total. The van der Waals surface area contributed by atoms with E-state index in [1.165, 1.54) is 70.0 Å². The van der Waals surface area contributed by atoms with Crippen LogP contribution in [0.4, 0.5) is 0 Å². The summed E-state index contributed by atoms with van der Waals surface area (Å²) >= 11 is 0. The highest BCUT2D eigenvalue weighted by Crippen LogP contribution is 2.09. The predicted molar refractivity (Wildman–Crippen MR) is 83.2 cm³/mol. The van der Waals surface area contributed by atoms with Crippen molar-refractivity contribution < 1.29 is 9.27 Å². The lowest BCUT2D eigenvalue weighted by Crippen LogP contribution is -3.00. The van der Waals surface area contributed by atoms with Crippen molar-refractivity contribution in [3.05, 3.63) is 30.1 Å². The van der Waals surface area contributed by atoms with Gasteiger partial charge in [0.2, 0.25) is 0 Å². The number of pyridine rings is 1. The van der Waals surface area contributed by atoms with Crippen molar-refractivity contribution in [2.45, 2.75) is 84.6 Å². The van der Waals surface area contributed by atoms with Gasteiger partial charge in [0.25, 0.3) is 0 Å². The Kier molecular flexibility index (Phi) is 12.5. The molecule has 2 heteroatoms. The van der Waals surface area contributed by atoms with Gasteiger partial charge in [0.1, 0.15) is 6.54 Å². The van der Waals surface area contributed by atoms with E-state index in [-0.39, 0.29) is 4.70 Å². The van der Waals surface area contributed by atoms with E-state index in [4.69, 9.17) is 0 Å². The Morgan fingerprint density at radius 2 is 1.40 bits per heavy atom. The molecular weight excluding hydrogens is 249 g/mol. The lowest BCUT2D eigenvalue weighted by Gasteiger charge is -2.03. The number of aromatic nitrogens is 1. The highest BCUT2D eigenvalue weighted by molar-refractivity contribution is 4.96. The van der Waals surface area contributed by atoms with Crippen LogP contribution >= 0.6 is 0 Å². The van der Waals surface area contributed by atoms with Gasteiger partial charge in [-0.1, -0.05) is 64.9 Å². The summed E-state index contributed by atoms with van der Waals surface area (Å²) in [5, 5.41) is 0. The largest absolute Gasteiger partial charge is 1.00 e. The molecule has 20 heavy (non-hydrogen) atoms. The monoisotopic (exact) mass is 281 g/mol. The molecular formula is C18H32FN. The fourth-order valence-corrected chi connectivity index (χ4v) is 2.64. The standard InChI is InChI=1S/C18H32N.FH/c1-3-5-6-7-8-9-10-11-13-16-19-17-14-12-15-18(19)4-2;/h12,14-15,17H,3-11,13,16H2,1-2H3;1H/q+1;/p-1. The van der Waals surface area contributed by atoms with E-state index in [2.05, 4.69) is 42.8 Å². The van der Waals surface area contributed by atoms with Crippen LogP contribution in [0.2, 0.25) is 0 Å². The summed E-state index contributed by atoms with van der Waals surface area (Å²) in [6.45, 7) is 5.72. The van der Waals surface area contributed by atoms with Crippen LogP contribution < -0.4 is 9.27 Å². The molecule has 0 aliphatic carbocycles. The smallest absolute Gasteiger partial charge is 0.181 e. The topological polar surface area (TPSA) is 3.88 Å². The quantitative estimate of drug-likeness (QED) is 0.432. The van der Waals surface area contributed by atoms with Crippen molar-refractivity contribution >= 4 is 0 Å². The van der Waals surface area contributed by atoms with Crippen molar-refractivity contribution in [2.75, 3.05) is 0 Å². The first-order valence-electron chi connectivity index (χ1n) is 8.35. The van der Waals surface area contributed by atoms with Crippen molar-refractivity contribution in [1.82, 2.24) is 0 Å². The van der Waals surface area contributed by atoms with Gasteiger partial charge < -0.3 is 4.70 Å². The molecule has 0 bridgehead atoms. The third-order valence-corrected chi connectivity index (χ3v) is 3.90. The van der Waals surface area contributed by atoms with Gasteiger partial charge in [-0.05, 0) is 6.42 Å². The minimum absolute atomic E-state index is 0. The minimum Gasteiger partial charge on any atom is -1.00 e. The normalized spacial score (nSPS) is 10.3. The summed E-state index contributed by atoms with van der Waals surface area (Å²) in [4.78, 5) is 0.